The van der Waals surface area contributed by atoms with Gasteiger partial charge in [0, 0.05) is 33.9 Å². The first kappa shape index (κ1) is 35.7. The van der Waals surface area contributed by atoms with Gasteiger partial charge in [-0.1, -0.05) is 55.8 Å². The molecular formula is C16H34CaF6N2O3Si2. The molecule has 0 rings (SSSR count). The van der Waals surface area contributed by atoms with Crippen LogP contribution in [0.25, 0.3) is 4.65 Å². The minimum absolute atomic E-state index is 0. The fraction of sp³-hybridized carbons (Fsp3) is 1.00. The van der Waals surface area contributed by atoms with E-state index in [0.29, 0.717) is 0 Å². The van der Waals surface area contributed by atoms with Crippen molar-refractivity contribution in [1.29, 1.82) is 0 Å². The molecule has 0 heterocycles. The zero-order valence-corrected chi connectivity index (χ0v) is 23.3. The van der Waals surface area contributed by atoms with Crippen molar-refractivity contribution in [2.24, 2.45) is 0 Å². The molecule has 0 spiro atoms. The molecule has 30 heavy (non-hydrogen) atoms. The Morgan fingerprint density at radius 1 is 0.767 bits per heavy atom. The van der Waals surface area contributed by atoms with E-state index in [1.54, 1.807) is 0 Å². The van der Waals surface area contributed by atoms with Crippen LogP contribution >= 0.6 is 0 Å². The SMILES string of the molecule is COCCN(CCOC)CC([O-])(C(F)(F)F)C(F)(F)F.C[Si](C)(C)[N-][Si](C)(C)C.[Ca+2]. The van der Waals surface area contributed by atoms with Gasteiger partial charge in [0.25, 0.3) is 0 Å². The fourth-order valence-corrected chi connectivity index (χ4v) is 10.4. The second-order valence-corrected chi connectivity index (χ2v) is 18.1. The van der Waals surface area contributed by atoms with Gasteiger partial charge in [0.05, 0.1) is 18.8 Å². The Morgan fingerprint density at radius 3 is 1.23 bits per heavy atom. The Morgan fingerprint density at radius 2 is 1.07 bits per heavy atom. The van der Waals surface area contributed by atoms with Crippen LogP contribution in [0.5, 0.6) is 0 Å². The molecule has 0 aliphatic heterocycles. The summed E-state index contributed by atoms with van der Waals surface area (Å²) >= 11 is 0. The van der Waals surface area contributed by atoms with Crippen molar-refractivity contribution in [3.8, 4) is 0 Å². The number of rotatable bonds is 10. The maximum absolute atomic E-state index is 12.5. The van der Waals surface area contributed by atoms with Crippen molar-refractivity contribution in [1.82, 2.24) is 4.90 Å². The predicted octanol–water partition coefficient (Wildman–Crippen LogP) is 3.45. The van der Waals surface area contributed by atoms with Crippen LogP contribution in [0.3, 0.4) is 0 Å². The molecule has 0 aromatic carbocycles. The number of halogens is 6. The summed E-state index contributed by atoms with van der Waals surface area (Å²) in [5, 5.41) is 11.3. The molecule has 5 nitrogen and oxygen atoms in total. The molecule has 178 valence electrons. The molecule has 0 saturated heterocycles. The number of hydrogen-bond donors (Lipinski definition) is 0. The Bertz CT molecular complexity index is 424. The Hall–Kier alpha value is 1.07. The second-order valence-electron chi connectivity index (χ2n) is 8.54. The van der Waals surface area contributed by atoms with E-state index in [1.807, 2.05) is 0 Å². The number of alkyl halides is 6. The van der Waals surface area contributed by atoms with Gasteiger partial charge in [0.1, 0.15) is 0 Å². The molecule has 0 amide bonds. The summed E-state index contributed by atoms with van der Waals surface area (Å²) in [6.07, 6.45) is -11.9. The van der Waals surface area contributed by atoms with Crippen molar-refractivity contribution in [3.05, 3.63) is 4.65 Å². The second kappa shape index (κ2) is 14.4. The predicted molar refractivity (Wildman–Crippen MR) is 111 cm³/mol. The summed E-state index contributed by atoms with van der Waals surface area (Å²) in [5.74, 6) is 0. The van der Waals surface area contributed by atoms with Gasteiger partial charge < -0.3 is 19.2 Å². The molecule has 0 aliphatic carbocycles. The summed E-state index contributed by atoms with van der Waals surface area (Å²) < 4.78 is 88.9. The van der Waals surface area contributed by atoms with Gasteiger partial charge >= 0.3 is 50.1 Å². The van der Waals surface area contributed by atoms with Crippen molar-refractivity contribution in [2.75, 3.05) is 47.1 Å². The largest absolute Gasteiger partial charge is 2.00 e. The van der Waals surface area contributed by atoms with E-state index >= 15 is 0 Å². The van der Waals surface area contributed by atoms with Crippen molar-refractivity contribution in [2.45, 2.75) is 57.2 Å². The number of methoxy groups -OCH3 is 2. The van der Waals surface area contributed by atoms with Crippen molar-refractivity contribution in [3.63, 3.8) is 0 Å². The molecule has 0 bridgehead atoms. The summed E-state index contributed by atoms with van der Waals surface area (Å²) in [5.41, 5.74) is -5.04. The molecule has 0 aliphatic rings. The van der Waals surface area contributed by atoms with E-state index in [1.165, 1.54) is 14.2 Å². The average Bonchev–Trinajstić information content (AvgIpc) is 2.44. The molecule has 0 unspecified atom stereocenters. The molecule has 0 aromatic rings. The van der Waals surface area contributed by atoms with Crippen LogP contribution in [0.1, 0.15) is 0 Å². The Balaban J connectivity index is -0.000000616. The first-order chi connectivity index (χ1) is 12.7. The van der Waals surface area contributed by atoms with E-state index in [-0.39, 0.29) is 64.0 Å². The van der Waals surface area contributed by atoms with Crippen LogP contribution in [-0.4, -0.2) is 124 Å². The monoisotopic (exact) mass is 512 g/mol. The fourth-order valence-electron chi connectivity index (χ4n) is 2.37. The average molecular weight is 513 g/mol. The zero-order valence-electron chi connectivity index (χ0n) is 19.1. The first-order valence-corrected chi connectivity index (χ1v) is 15.9. The van der Waals surface area contributed by atoms with E-state index in [0.717, 1.165) is 4.90 Å². The molecule has 0 N–H and O–H groups in total. The maximum atomic E-state index is 12.5. The zero-order chi connectivity index (χ0) is 23.7. The standard InChI is InChI=1S/C10H16F6NO3.C6H18NSi2.Ca/c1-19-5-3-17(4-6-20-2)7-8(18,9(11,12)13)10(14,15)16;1-8(2,3)7-9(4,5)6;/h3-7H2,1-2H3;1-6H3;/q2*-1;+2. The van der Waals surface area contributed by atoms with Gasteiger partial charge in [-0.3, -0.25) is 4.90 Å². The van der Waals surface area contributed by atoms with Crippen molar-refractivity contribution >= 4 is 54.2 Å². The van der Waals surface area contributed by atoms with Gasteiger partial charge in [-0.25, -0.2) is 0 Å². The van der Waals surface area contributed by atoms with Crippen LogP contribution in [0.15, 0.2) is 0 Å². The van der Waals surface area contributed by atoms with Crippen molar-refractivity contribution < 1.29 is 40.9 Å². The minimum atomic E-state index is -5.94. The van der Waals surface area contributed by atoms with Crippen LogP contribution in [-0.2, 0) is 9.47 Å². The van der Waals surface area contributed by atoms with Gasteiger partial charge in [-0.2, -0.15) is 26.3 Å². The van der Waals surface area contributed by atoms with E-state index in [9.17, 15) is 31.4 Å². The molecule has 0 radical (unpaired) electrons. The molecule has 14 heteroatoms. The third kappa shape index (κ3) is 15.8. The van der Waals surface area contributed by atoms with Gasteiger partial charge in [-0.05, 0) is 0 Å². The van der Waals surface area contributed by atoms with E-state index in [2.05, 4.69) is 48.8 Å². The Kier molecular flexibility index (Phi) is 17.1. The van der Waals surface area contributed by atoms with E-state index in [4.69, 9.17) is 4.65 Å². The third-order valence-electron chi connectivity index (χ3n) is 3.26. The molecular weight excluding hydrogens is 478 g/mol. The molecule has 0 atom stereocenters. The Labute approximate surface area is 208 Å². The van der Waals surface area contributed by atoms with Crippen LogP contribution in [0, 0.1) is 0 Å². The van der Waals surface area contributed by atoms with Crippen LogP contribution < -0.4 is 5.11 Å². The van der Waals surface area contributed by atoms with Crippen LogP contribution in [0.4, 0.5) is 26.3 Å². The summed E-state index contributed by atoms with van der Waals surface area (Å²) in [7, 11) is 0.273. The smallest absolute Gasteiger partial charge is 0.835 e. The normalized spacial score (nSPS) is 13.6. The first-order valence-electron chi connectivity index (χ1n) is 8.98. The van der Waals surface area contributed by atoms with Gasteiger partial charge in [-0.15, -0.1) is 0 Å². The molecule has 0 saturated carbocycles. The van der Waals surface area contributed by atoms with Gasteiger partial charge in [0.2, 0.25) is 0 Å². The van der Waals surface area contributed by atoms with Gasteiger partial charge in [0.15, 0.2) is 0 Å². The van der Waals surface area contributed by atoms with Crippen LogP contribution in [0.2, 0.25) is 39.3 Å². The summed E-state index contributed by atoms with van der Waals surface area (Å²) in [6, 6.07) is 0. The minimum Gasteiger partial charge on any atom is -0.835 e. The number of nitrogens with zero attached hydrogens (tertiary/aromatic N) is 2. The van der Waals surface area contributed by atoms with E-state index < -0.39 is 41.0 Å². The molecule has 0 fully saturated rings. The maximum Gasteiger partial charge on any atom is 2.00 e. The topological polar surface area (TPSA) is 58.9 Å². The third-order valence-corrected chi connectivity index (χ3v) is 8.62. The summed E-state index contributed by atoms with van der Waals surface area (Å²) in [4.78, 5) is 0.723. The molecule has 0 aromatic heterocycles. The number of ether oxygens (including phenoxy) is 2. The summed E-state index contributed by atoms with van der Waals surface area (Å²) in [6.45, 7) is 11.4. The number of hydrogen-bond acceptors (Lipinski definition) is 4. The quantitative estimate of drug-likeness (QED) is 0.332.